The Kier molecular flexibility index (Phi) is 1.92. The van der Waals surface area contributed by atoms with Gasteiger partial charge in [0.1, 0.15) is 6.04 Å². The molecule has 0 radical (unpaired) electrons. The van der Waals surface area contributed by atoms with Crippen molar-refractivity contribution in [3.8, 4) is 0 Å². The molecule has 2 rings (SSSR count). The van der Waals surface area contributed by atoms with Crippen LogP contribution in [-0.2, 0) is 6.42 Å². The zero-order valence-electron chi connectivity index (χ0n) is 8.75. The van der Waals surface area contributed by atoms with Gasteiger partial charge in [0.2, 0.25) is 0 Å². The summed E-state index contributed by atoms with van der Waals surface area (Å²) in [6, 6.07) is 9.57. The number of rotatable bonds is 1. The molecular weight excluding hydrogens is 158 g/mol. The molecule has 70 valence electrons. The van der Waals surface area contributed by atoms with Gasteiger partial charge in [0.05, 0.1) is 21.1 Å². The largest absolute Gasteiger partial charge is 0.325 e. The summed E-state index contributed by atoms with van der Waals surface area (Å²) in [5, 5.41) is 0. The van der Waals surface area contributed by atoms with Crippen LogP contribution in [0.5, 0.6) is 0 Å². The lowest BCUT2D eigenvalue weighted by Gasteiger charge is -2.32. The topological polar surface area (TPSA) is 0 Å². The molecule has 0 N–H and O–H groups in total. The third-order valence-electron chi connectivity index (χ3n) is 3.04. The summed E-state index contributed by atoms with van der Waals surface area (Å²) in [4.78, 5) is 0. The molecule has 1 unspecified atom stereocenters. The van der Waals surface area contributed by atoms with Crippen molar-refractivity contribution in [2.45, 2.75) is 18.9 Å². The van der Waals surface area contributed by atoms with Gasteiger partial charge in [-0.05, 0) is 12.0 Å². The molecule has 0 saturated carbocycles. The Morgan fingerprint density at radius 2 is 1.85 bits per heavy atom. The Morgan fingerprint density at radius 1 is 1.15 bits per heavy atom. The number of fused-ring (bicyclic) bond motifs is 1. The van der Waals surface area contributed by atoms with Crippen molar-refractivity contribution in [3.05, 3.63) is 35.4 Å². The molecule has 1 aromatic carbocycles. The van der Waals surface area contributed by atoms with Gasteiger partial charge >= 0.3 is 0 Å². The number of hydrogen-bond donors (Lipinski definition) is 0. The molecule has 0 heterocycles. The molecule has 0 saturated heterocycles. The van der Waals surface area contributed by atoms with E-state index in [4.69, 9.17) is 0 Å². The third kappa shape index (κ3) is 1.49. The van der Waals surface area contributed by atoms with Gasteiger partial charge in [0.25, 0.3) is 0 Å². The van der Waals surface area contributed by atoms with Crippen molar-refractivity contribution < 1.29 is 4.48 Å². The van der Waals surface area contributed by atoms with Crippen molar-refractivity contribution in [1.29, 1.82) is 0 Å². The van der Waals surface area contributed by atoms with Crippen LogP contribution < -0.4 is 0 Å². The molecule has 0 amide bonds. The maximum Gasteiger partial charge on any atom is 0.115 e. The van der Waals surface area contributed by atoms with E-state index in [1.807, 2.05) is 0 Å². The fourth-order valence-corrected chi connectivity index (χ4v) is 2.34. The van der Waals surface area contributed by atoms with Gasteiger partial charge in [-0.15, -0.1) is 0 Å². The van der Waals surface area contributed by atoms with Crippen LogP contribution in [-0.4, -0.2) is 25.6 Å². The SMILES string of the molecule is C[N+](C)(C)C1CCc2ccccc21. The Balaban J connectivity index is 2.39. The molecule has 0 aliphatic heterocycles. The molecular formula is C12H18N+. The summed E-state index contributed by atoms with van der Waals surface area (Å²) in [6.45, 7) is 0. The first-order valence-electron chi connectivity index (χ1n) is 4.98. The highest BCUT2D eigenvalue weighted by molar-refractivity contribution is 5.33. The Hall–Kier alpha value is -0.820. The van der Waals surface area contributed by atoms with Crippen molar-refractivity contribution in [1.82, 2.24) is 0 Å². The number of benzene rings is 1. The van der Waals surface area contributed by atoms with Gasteiger partial charge in [-0.3, -0.25) is 0 Å². The van der Waals surface area contributed by atoms with Gasteiger partial charge in [-0.1, -0.05) is 24.3 Å². The minimum Gasteiger partial charge on any atom is -0.325 e. The van der Waals surface area contributed by atoms with E-state index >= 15 is 0 Å². The van der Waals surface area contributed by atoms with Crippen LogP contribution in [0.25, 0.3) is 0 Å². The van der Waals surface area contributed by atoms with Crippen LogP contribution in [0, 0.1) is 0 Å². The fourth-order valence-electron chi connectivity index (χ4n) is 2.34. The van der Waals surface area contributed by atoms with Gasteiger partial charge in [-0.25, -0.2) is 0 Å². The lowest BCUT2D eigenvalue weighted by atomic mass is 10.1. The van der Waals surface area contributed by atoms with Crippen LogP contribution in [0.1, 0.15) is 23.6 Å². The summed E-state index contributed by atoms with van der Waals surface area (Å²) in [7, 11) is 6.85. The first-order chi connectivity index (χ1) is 6.09. The monoisotopic (exact) mass is 176 g/mol. The van der Waals surface area contributed by atoms with E-state index in [1.54, 1.807) is 11.1 Å². The maximum absolute atomic E-state index is 2.29. The van der Waals surface area contributed by atoms with Crippen LogP contribution in [0.15, 0.2) is 24.3 Å². The average Bonchev–Trinajstić information content (AvgIpc) is 2.45. The zero-order chi connectivity index (χ0) is 9.47. The van der Waals surface area contributed by atoms with Crippen LogP contribution >= 0.6 is 0 Å². The van der Waals surface area contributed by atoms with Gasteiger partial charge in [-0.2, -0.15) is 0 Å². The van der Waals surface area contributed by atoms with Crippen molar-refractivity contribution in [2.24, 2.45) is 0 Å². The molecule has 0 bridgehead atoms. The molecule has 1 aliphatic rings. The van der Waals surface area contributed by atoms with E-state index in [9.17, 15) is 0 Å². The van der Waals surface area contributed by atoms with Crippen molar-refractivity contribution >= 4 is 0 Å². The highest BCUT2D eigenvalue weighted by atomic mass is 15.3. The molecule has 0 spiro atoms. The van der Waals surface area contributed by atoms with Crippen LogP contribution in [0.4, 0.5) is 0 Å². The second-order valence-electron chi connectivity index (χ2n) is 4.87. The van der Waals surface area contributed by atoms with Crippen molar-refractivity contribution in [2.75, 3.05) is 21.1 Å². The maximum atomic E-state index is 2.29. The summed E-state index contributed by atoms with van der Waals surface area (Å²) >= 11 is 0. The smallest absolute Gasteiger partial charge is 0.115 e. The number of nitrogens with zero attached hydrogens (tertiary/aromatic N) is 1. The lowest BCUT2D eigenvalue weighted by Crippen LogP contribution is -2.37. The first-order valence-corrected chi connectivity index (χ1v) is 4.98. The third-order valence-corrected chi connectivity index (χ3v) is 3.04. The highest BCUT2D eigenvalue weighted by Crippen LogP contribution is 2.36. The predicted molar refractivity (Wildman–Crippen MR) is 55.5 cm³/mol. The lowest BCUT2D eigenvalue weighted by molar-refractivity contribution is -0.901. The van der Waals surface area contributed by atoms with Crippen LogP contribution in [0.2, 0.25) is 0 Å². The summed E-state index contributed by atoms with van der Waals surface area (Å²) in [5.41, 5.74) is 3.12. The molecule has 1 atom stereocenters. The molecule has 1 heteroatoms. The molecule has 1 aromatic rings. The minimum absolute atomic E-state index is 0.705. The summed E-state index contributed by atoms with van der Waals surface area (Å²) in [5.74, 6) is 0. The Morgan fingerprint density at radius 3 is 2.54 bits per heavy atom. The fraction of sp³-hybridized carbons (Fsp3) is 0.500. The van der Waals surface area contributed by atoms with E-state index in [-0.39, 0.29) is 0 Å². The summed E-state index contributed by atoms with van der Waals surface area (Å²) < 4.78 is 1.05. The van der Waals surface area contributed by atoms with E-state index < -0.39 is 0 Å². The van der Waals surface area contributed by atoms with E-state index in [1.165, 1.54) is 12.8 Å². The van der Waals surface area contributed by atoms with E-state index in [0.717, 1.165) is 4.48 Å². The molecule has 0 aromatic heterocycles. The highest BCUT2D eigenvalue weighted by Gasteiger charge is 2.31. The Labute approximate surface area is 80.6 Å². The second-order valence-corrected chi connectivity index (χ2v) is 4.87. The quantitative estimate of drug-likeness (QED) is 0.576. The standard InChI is InChI=1S/C12H18N/c1-13(2,3)12-9-8-10-6-4-5-7-11(10)12/h4-7,12H,8-9H2,1-3H3/q+1. The Bertz CT molecular complexity index is 309. The van der Waals surface area contributed by atoms with Gasteiger partial charge in [0, 0.05) is 12.0 Å². The molecule has 0 fully saturated rings. The minimum atomic E-state index is 0.705. The number of aryl methyl sites for hydroxylation is 1. The van der Waals surface area contributed by atoms with E-state index in [0.29, 0.717) is 6.04 Å². The average molecular weight is 176 g/mol. The van der Waals surface area contributed by atoms with Crippen LogP contribution in [0.3, 0.4) is 0 Å². The van der Waals surface area contributed by atoms with Gasteiger partial charge in [0.15, 0.2) is 0 Å². The second kappa shape index (κ2) is 2.85. The van der Waals surface area contributed by atoms with E-state index in [2.05, 4.69) is 45.4 Å². The zero-order valence-corrected chi connectivity index (χ0v) is 8.75. The summed E-state index contributed by atoms with van der Waals surface area (Å²) in [6.07, 6.45) is 2.57. The van der Waals surface area contributed by atoms with Crippen molar-refractivity contribution in [3.63, 3.8) is 0 Å². The normalized spacial score (nSPS) is 21.6. The molecule has 1 nitrogen and oxygen atoms in total. The number of quaternary nitrogens is 1. The molecule has 1 aliphatic carbocycles. The molecule has 13 heavy (non-hydrogen) atoms. The number of hydrogen-bond acceptors (Lipinski definition) is 0. The first kappa shape index (κ1) is 8.76. The predicted octanol–water partition coefficient (Wildman–Crippen LogP) is 2.38. The van der Waals surface area contributed by atoms with Gasteiger partial charge < -0.3 is 4.48 Å².